The lowest BCUT2D eigenvalue weighted by molar-refractivity contribution is -0.182. The third kappa shape index (κ3) is 2.42. The Labute approximate surface area is 76.2 Å². The van der Waals surface area contributed by atoms with Crippen LogP contribution in [0.2, 0.25) is 0 Å². The van der Waals surface area contributed by atoms with Gasteiger partial charge in [-0.05, 0) is 24.6 Å². The zero-order valence-electron chi connectivity index (χ0n) is 7.23. The molecule has 1 aromatic rings. The minimum absolute atomic E-state index is 0.329. The maximum absolute atomic E-state index is 10.8. The van der Waals surface area contributed by atoms with Gasteiger partial charge in [0.1, 0.15) is 0 Å². The lowest BCUT2D eigenvalue weighted by atomic mass is 10.1. The van der Waals surface area contributed by atoms with E-state index in [1.807, 2.05) is 19.1 Å². The summed E-state index contributed by atoms with van der Waals surface area (Å²) in [6.45, 7) is 1.91. The molecule has 1 N–H and O–H groups in total. The van der Waals surface area contributed by atoms with Gasteiger partial charge in [0.05, 0.1) is 5.56 Å². The Kier molecular flexibility index (Phi) is 3.23. The molecule has 3 nitrogen and oxygen atoms in total. The Balaban J connectivity index is 2.87. The minimum atomic E-state index is -0.743. The molecule has 0 atom stereocenters. The Bertz CT molecular complexity index is 311. The van der Waals surface area contributed by atoms with Gasteiger partial charge >= 0.3 is 5.97 Å². The fourth-order valence-electron chi connectivity index (χ4n) is 0.975. The van der Waals surface area contributed by atoms with E-state index in [4.69, 9.17) is 5.26 Å². The molecule has 68 valence electrons. The zero-order valence-corrected chi connectivity index (χ0v) is 7.23. The Hall–Kier alpha value is -1.61. The molecule has 3 heteroatoms. The molecule has 0 aliphatic heterocycles. The van der Waals surface area contributed by atoms with Crippen LogP contribution >= 0.6 is 0 Å². The van der Waals surface area contributed by atoms with Gasteiger partial charge in [0.2, 0.25) is 0 Å². The van der Waals surface area contributed by atoms with Crippen LogP contribution in [-0.4, -0.2) is 11.2 Å². The van der Waals surface area contributed by atoms with Gasteiger partial charge in [0.25, 0.3) is 0 Å². The van der Waals surface area contributed by atoms with Crippen LogP contribution in [0.1, 0.15) is 22.8 Å². The summed E-state index contributed by atoms with van der Waals surface area (Å²) in [5.74, 6) is -0.743. The number of hydrogen-bond donors (Lipinski definition) is 1. The predicted molar refractivity (Wildman–Crippen MR) is 49.2 cm³/mol. The zero-order chi connectivity index (χ0) is 9.68. The first kappa shape index (κ1) is 9.48. The van der Waals surface area contributed by atoms with Crippen molar-refractivity contribution in [3.63, 3.8) is 0 Å². The van der Waals surface area contributed by atoms with Crippen LogP contribution in [0.25, 0.3) is 6.08 Å². The monoisotopic (exact) mass is 178 g/mol. The van der Waals surface area contributed by atoms with Crippen molar-refractivity contribution in [1.29, 1.82) is 0 Å². The van der Waals surface area contributed by atoms with Crippen LogP contribution in [0.3, 0.4) is 0 Å². The Morgan fingerprint density at radius 2 is 2.00 bits per heavy atom. The molecule has 0 bridgehead atoms. The van der Waals surface area contributed by atoms with Crippen molar-refractivity contribution in [2.45, 2.75) is 6.92 Å². The summed E-state index contributed by atoms with van der Waals surface area (Å²) >= 11 is 0. The smallest absolute Gasteiger partial charge is 0.296 e. The second-order valence-electron chi connectivity index (χ2n) is 2.50. The van der Waals surface area contributed by atoms with Gasteiger partial charge in [0, 0.05) is 0 Å². The lowest BCUT2D eigenvalue weighted by Crippen LogP contribution is -2.00. The molecule has 0 spiro atoms. The summed E-state index contributed by atoms with van der Waals surface area (Å²) in [4.78, 5) is 14.4. The van der Waals surface area contributed by atoms with Gasteiger partial charge in [-0.15, -0.1) is 0 Å². The summed E-state index contributed by atoms with van der Waals surface area (Å²) in [5, 5.41) is 8.10. The third-order valence-electron chi connectivity index (χ3n) is 1.59. The first-order valence-electron chi connectivity index (χ1n) is 3.86. The number of benzene rings is 1. The van der Waals surface area contributed by atoms with E-state index < -0.39 is 5.97 Å². The SMILES string of the molecule is CC=Cc1ccc(C(=O)OO)cc1. The molecule has 0 saturated heterocycles. The van der Waals surface area contributed by atoms with Crippen LogP contribution < -0.4 is 0 Å². The van der Waals surface area contributed by atoms with Crippen molar-refractivity contribution in [2.24, 2.45) is 0 Å². The first-order chi connectivity index (χ1) is 6.27. The van der Waals surface area contributed by atoms with Gasteiger partial charge < -0.3 is 0 Å². The van der Waals surface area contributed by atoms with Crippen molar-refractivity contribution in [3.8, 4) is 0 Å². The van der Waals surface area contributed by atoms with E-state index in [2.05, 4.69) is 4.89 Å². The molecule has 1 aromatic carbocycles. The summed E-state index contributed by atoms with van der Waals surface area (Å²) in [7, 11) is 0. The van der Waals surface area contributed by atoms with Gasteiger partial charge in [-0.3, -0.25) is 4.89 Å². The molecule has 13 heavy (non-hydrogen) atoms. The molecule has 0 aliphatic rings. The molecule has 0 fully saturated rings. The van der Waals surface area contributed by atoms with Crippen LogP contribution in [0.15, 0.2) is 30.3 Å². The highest BCUT2D eigenvalue weighted by molar-refractivity contribution is 5.89. The van der Waals surface area contributed by atoms with Gasteiger partial charge in [0.15, 0.2) is 0 Å². The van der Waals surface area contributed by atoms with E-state index in [0.29, 0.717) is 5.56 Å². The largest absolute Gasteiger partial charge is 0.372 e. The van der Waals surface area contributed by atoms with Crippen molar-refractivity contribution >= 4 is 12.0 Å². The predicted octanol–water partition coefficient (Wildman–Crippen LogP) is 2.35. The molecule has 0 unspecified atom stereocenters. The van der Waals surface area contributed by atoms with Crippen molar-refractivity contribution in [1.82, 2.24) is 0 Å². The second kappa shape index (κ2) is 4.42. The molecule has 0 aromatic heterocycles. The van der Waals surface area contributed by atoms with Gasteiger partial charge in [-0.2, -0.15) is 5.26 Å². The van der Waals surface area contributed by atoms with E-state index in [1.165, 1.54) is 0 Å². The molecule has 0 radical (unpaired) electrons. The summed E-state index contributed by atoms with van der Waals surface area (Å²) < 4.78 is 0. The molecular weight excluding hydrogens is 168 g/mol. The standard InChI is InChI=1S/C10H10O3/c1-2-3-8-4-6-9(7-5-8)10(11)13-12/h2-7,12H,1H3. The number of carbonyl (C=O) groups excluding carboxylic acids is 1. The van der Waals surface area contributed by atoms with Crippen LogP contribution in [0.4, 0.5) is 0 Å². The first-order valence-corrected chi connectivity index (χ1v) is 3.86. The minimum Gasteiger partial charge on any atom is -0.296 e. The summed E-state index contributed by atoms with van der Waals surface area (Å²) in [6, 6.07) is 6.72. The van der Waals surface area contributed by atoms with Crippen LogP contribution in [0, 0.1) is 0 Å². The fourth-order valence-corrected chi connectivity index (χ4v) is 0.975. The normalized spacial score (nSPS) is 10.3. The van der Waals surface area contributed by atoms with Crippen molar-refractivity contribution < 1.29 is 14.9 Å². The number of hydrogen-bond acceptors (Lipinski definition) is 3. The maximum atomic E-state index is 10.8. The highest BCUT2D eigenvalue weighted by Gasteiger charge is 2.04. The van der Waals surface area contributed by atoms with Crippen LogP contribution in [-0.2, 0) is 4.89 Å². The number of rotatable bonds is 2. The van der Waals surface area contributed by atoms with Crippen LogP contribution in [0.5, 0.6) is 0 Å². The Morgan fingerprint density at radius 1 is 1.38 bits per heavy atom. The highest BCUT2D eigenvalue weighted by Crippen LogP contribution is 2.06. The van der Waals surface area contributed by atoms with E-state index in [9.17, 15) is 4.79 Å². The lowest BCUT2D eigenvalue weighted by Gasteiger charge is -1.96. The maximum Gasteiger partial charge on any atom is 0.372 e. The summed E-state index contributed by atoms with van der Waals surface area (Å²) in [6.07, 6.45) is 3.81. The van der Waals surface area contributed by atoms with Gasteiger partial charge in [-0.25, -0.2) is 4.79 Å². The molecular formula is C10H10O3. The average molecular weight is 178 g/mol. The molecule has 0 heterocycles. The van der Waals surface area contributed by atoms with Crippen molar-refractivity contribution in [3.05, 3.63) is 41.5 Å². The fraction of sp³-hybridized carbons (Fsp3) is 0.100. The molecule has 1 rings (SSSR count). The van der Waals surface area contributed by atoms with E-state index in [-0.39, 0.29) is 0 Å². The number of allylic oxidation sites excluding steroid dienone is 1. The topological polar surface area (TPSA) is 46.5 Å². The second-order valence-corrected chi connectivity index (χ2v) is 2.50. The molecule has 0 saturated carbocycles. The molecule has 0 amide bonds. The quantitative estimate of drug-likeness (QED) is 0.558. The third-order valence-corrected chi connectivity index (χ3v) is 1.59. The van der Waals surface area contributed by atoms with E-state index >= 15 is 0 Å². The number of carbonyl (C=O) groups is 1. The molecule has 0 aliphatic carbocycles. The van der Waals surface area contributed by atoms with Gasteiger partial charge in [-0.1, -0.05) is 24.3 Å². The highest BCUT2D eigenvalue weighted by atomic mass is 17.1. The van der Waals surface area contributed by atoms with E-state index in [0.717, 1.165) is 5.56 Å². The van der Waals surface area contributed by atoms with E-state index in [1.54, 1.807) is 24.3 Å². The average Bonchev–Trinajstić information content (AvgIpc) is 2.18. The summed E-state index contributed by atoms with van der Waals surface area (Å²) in [5.41, 5.74) is 1.33. The van der Waals surface area contributed by atoms with Crippen molar-refractivity contribution in [2.75, 3.05) is 0 Å². The Morgan fingerprint density at radius 3 is 2.46 bits per heavy atom.